The number of benzene rings is 1. The fourth-order valence-corrected chi connectivity index (χ4v) is 2.14. The lowest BCUT2D eigenvalue weighted by Crippen LogP contribution is -2.25. The molecule has 0 bridgehead atoms. The van der Waals surface area contributed by atoms with Gasteiger partial charge in [-0.1, -0.05) is 22.9 Å². The molecule has 0 aliphatic carbocycles. The van der Waals surface area contributed by atoms with Gasteiger partial charge in [0.1, 0.15) is 11.9 Å². The molecular weight excluding hydrogens is 296 g/mol. The molecule has 0 saturated carbocycles. The Hall–Kier alpha value is -0.870. The monoisotopic (exact) mass is 314 g/mol. The van der Waals surface area contributed by atoms with Gasteiger partial charge in [0.25, 0.3) is 0 Å². The Morgan fingerprint density at radius 3 is 2.67 bits per heavy atom. The predicted octanol–water partition coefficient (Wildman–Crippen LogP) is 3.38. The van der Waals surface area contributed by atoms with E-state index in [1.54, 1.807) is 7.11 Å². The molecule has 0 radical (unpaired) electrons. The van der Waals surface area contributed by atoms with E-state index in [1.807, 2.05) is 32.0 Å². The van der Waals surface area contributed by atoms with Crippen LogP contribution in [0, 0.1) is 0 Å². The third-order valence-electron chi connectivity index (χ3n) is 2.72. The highest BCUT2D eigenvalue weighted by Gasteiger charge is 2.18. The maximum atomic E-state index is 12.1. The van der Waals surface area contributed by atoms with Gasteiger partial charge in [-0.25, -0.2) is 0 Å². The molecular formula is C14H19BrO3. The molecule has 0 aliphatic rings. The van der Waals surface area contributed by atoms with Crippen LogP contribution in [0.15, 0.2) is 22.7 Å². The van der Waals surface area contributed by atoms with Crippen LogP contribution in [-0.2, 0) is 16.0 Å². The normalized spacial score (nSPS) is 12.2. The van der Waals surface area contributed by atoms with Crippen molar-refractivity contribution in [2.45, 2.75) is 32.8 Å². The molecule has 1 rings (SSSR count). The number of halogens is 1. The minimum absolute atomic E-state index is 0.105. The molecule has 0 fully saturated rings. The Morgan fingerprint density at radius 2 is 2.11 bits per heavy atom. The first-order chi connectivity index (χ1) is 8.62. The van der Waals surface area contributed by atoms with Gasteiger partial charge in [-0.2, -0.15) is 0 Å². The standard InChI is InChI=1S/C14H19BrO3/c1-4-14(18-5-2)13(16)9-10-8-11(17-3)6-7-12(10)15/h6-8,14H,4-5,9H2,1-3H3. The van der Waals surface area contributed by atoms with E-state index in [9.17, 15) is 4.79 Å². The van der Waals surface area contributed by atoms with Crippen molar-refractivity contribution in [2.75, 3.05) is 13.7 Å². The molecule has 1 unspecified atom stereocenters. The van der Waals surface area contributed by atoms with E-state index in [1.165, 1.54) is 0 Å². The summed E-state index contributed by atoms with van der Waals surface area (Å²) in [6, 6.07) is 5.63. The van der Waals surface area contributed by atoms with Gasteiger partial charge in [-0.05, 0) is 37.1 Å². The zero-order valence-corrected chi connectivity index (χ0v) is 12.6. The molecule has 4 heteroatoms. The third kappa shape index (κ3) is 4.10. The van der Waals surface area contributed by atoms with Gasteiger partial charge < -0.3 is 9.47 Å². The molecule has 1 aromatic carbocycles. The van der Waals surface area contributed by atoms with Crippen molar-refractivity contribution in [3.63, 3.8) is 0 Å². The van der Waals surface area contributed by atoms with Gasteiger partial charge in [0.2, 0.25) is 0 Å². The lowest BCUT2D eigenvalue weighted by Gasteiger charge is -2.14. The highest BCUT2D eigenvalue weighted by atomic mass is 79.9. The largest absolute Gasteiger partial charge is 0.497 e. The molecule has 0 amide bonds. The summed E-state index contributed by atoms with van der Waals surface area (Å²) >= 11 is 3.45. The van der Waals surface area contributed by atoms with Crippen LogP contribution in [0.25, 0.3) is 0 Å². The number of carbonyl (C=O) groups excluding carboxylic acids is 1. The fourth-order valence-electron chi connectivity index (χ4n) is 1.75. The van der Waals surface area contributed by atoms with Crippen LogP contribution in [0.3, 0.4) is 0 Å². The number of hydrogen-bond donors (Lipinski definition) is 0. The molecule has 1 aromatic rings. The number of carbonyl (C=O) groups is 1. The summed E-state index contributed by atoms with van der Waals surface area (Å²) in [5.41, 5.74) is 0.928. The first-order valence-electron chi connectivity index (χ1n) is 6.09. The first kappa shape index (κ1) is 15.2. The summed E-state index contributed by atoms with van der Waals surface area (Å²) < 4.78 is 11.5. The number of Topliss-reactive ketones (excluding diaryl/α,β-unsaturated/α-hetero) is 1. The van der Waals surface area contributed by atoms with E-state index in [0.29, 0.717) is 19.4 Å². The molecule has 0 spiro atoms. The van der Waals surface area contributed by atoms with Gasteiger partial charge in [0.15, 0.2) is 5.78 Å². The van der Waals surface area contributed by atoms with Gasteiger partial charge in [-0.15, -0.1) is 0 Å². The summed E-state index contributed by atoms with van der Waals surface area (Å²) in [4.78, 5) is 12.1. The lowest BCUT2D eigenvalue weighted by molar-refractivity contribution is -0.129. The smallest absolute Gasteiger partial charge is 0.165 e. The van der Waals surface area contributed by atoms with Gasteiger partial charge in [0, 0.05) is 17.5 Å². The fraction of sp³-hybridized carbons (Fsp3) is 0.500. The second-order valence-electron chi connectivity index (χ2n) is 3.95. The van der Waals surface area contributed by atoms with Crippen LogP contribution in [0.4, 0.5) is 0 Å². The van der Waals surface area contributed by atoms with E-state index in [4.69, 9.17) is 9.47 Å². The Kier molecular flexibility index (Phi) is 6.36. The Labute approximate surface area is 117 Å². The number of hydrogen-bond acceptors (Lipinski definition) is 3. The number of ketones is 1. The molecule has 0 aromatic heterocycles. The topological polar surface area (TPSA) is 35.5 Å². The van der Waals surface area contributed by atoms with Crippen LogP contribution >= 0.6 is 15.9 Å². The van der Waals surface area contributed by atoms with Gasteiger partial charge >= 0.3 is 0 Å². The maximum absolute atomic E-state index is 12.1. The molecule has 18 heavy (non-hydrogen) atoms. The van der Waals surface area contributed by atoms with Crippen molar-refractivity contribution in [2.24, 2.45) is 0 Å². The first-order valence-corrected chi connectivity index (χ1v) is 6.88. The molecule has 0 aliphatic heterocycles. The summed E-state index contributed by atoms with van der Waals surface area (Å²) in [7, 11) is 1.61. The highest BCUT2D eigenvalue weighted by molar-refractivity contribution is 9.10. The lowest BCUT2D eigenvalue weighted by atomic mass is 10.0. The second kappa shape index (κ2) is 7.54. The Morgan fingerprint density at radius 1 is 1.39 bits per heavy atom. The summed E-state index contributed by atoms with van der Waals surface area (Å²) in [5, 5.41) is 0. The van der Waals surface area contributed by atoms with Crippen LogP contribution in [0.5, 0.6) is 5.75 Å². The quantitative estimate of drug-likeness (QED) is 0.774. The minimum Gasteiger partial charge on any atom is -0.497 e. The van der Waals surface area contributed by atoms with E-state index in [0.717, 1.165) is 15.8 Å². The average molecular weight is 315 g/mol. The molecule has 1 atom stereocenters. The molecule has 3 nitrogen and oxygen atoms in total. The van der Waals surface area contributed by atoms with E-state index in [2.05, 4.69) is 15.9 Å². The molecule has 100 valence electrons. The van der Waals surface area contributed by atoms with E-state index < -0.39 is 0 Å². The van der Waals surface area contributed by atoms with Gasteiger partial charge in [0.05, 0.1) is 7.11 Å². The average Bonchev–Trinajstić information content (AvgIpc) is 2.38. The predicted molar refractivity (Wildman–Crippen MR) is 75.1 cm³/mol. The van der Waals surface area contributed by atoms with Crippen LogP contribution < -0.4 is 4.74 Å². The van der Waals surface area contributed by atoms with Crippen molar-refractivity contribution in [1.82, 2.24) is 0 Å². The van der Waals surface area contributed by atoms with Crippen molar-refractivity contribution >= 4 is 21.7 Å². The van der Waals surface area contributed by atoms with Crippen LogP contribution in [0.2, 0.25) is 0 Å². The summed E-state index contributed by atoms with van der Waals surface area (Å²) in [6.07, 6.45) is 0.748. The highest BCUT2D eigenvalue weighted by Crippen LogP contribution is 2.23. The van der Waals surface area contributed by atoms with Crippen molar-refractivity contribution < 1.29 is 14.3 Å². The zero-order chi connectivity index (χ0) is 13.5. The number of ether oxygens (including phenoxy) is 2. The molecule has 0 N–H and O–H groups in total. The van der Waals surface area contributed by atoms with Crippen molar-refractivity contribution in [3.05, 3.63) is 28.2 Å². The molecule has 0 saturated heterocycles. The maximum Gasteiger partial charge on any atom is 0.165 e. The van der Waals surface area contributed by atoms with Crippen LogP contribution in [0.1, 0.15) is 25.8 Å². The Balaban J connectivity index is 2.79. The van der Waals surface area contributed by atoms with Crippen LogP contribution in [-0.4, -0.2) is 25.6 Å². The second-order valence-corrected chi connectivity index (χ2v) is 4.81. The van der Waals surface area contributed by atoms with E-state index in [-0.39, 0.29) is 11.9 Å². The zero-order valence-electron chi connectivity index (χ0n) is 11.0. The summed E-state index contributed by atoms with van der Waals surface area (Å²) in [6.45, 7) is 4.42. The minimum atomic E-state index is -0.312. The molecule has 0 heterocycles. The summed E-state index contributed by atoms with van der Waals surface area (Å²) in [5.74, 6) is 0.860. The van der Waals surface area contributed by atoms with Crippen molar-refractivity contribution in [1.29, 1.82) is 0 Å². The SMILES string of the molecule is CCOC(CC)C(=O)Cc1cc(OC)ccc1Br. The number of rotatable bonds is 7. The number of methoxy groups -OCH3 is 1. The van der Waals surface area contributed by atoms with E-state index >= 15 is 0 Å². The van der Waals surface area contributed by atoms with Crippen molar-refractivity contribution in [3.8, 4) is 5.75 Å². The Bertz CT molecular complexity index is 404. The van der Waals surface area contributed by atoms with Gasteiger partial charge in [-0.3, -0.25) is 4.79 Å². The third-order valence-corrected chi connectivity index (χ3v) is 3.49.